The minimum atomic E-state index is -0.729. The van der Waals surface area contributed by atoms with E-state index in [-0.39, 0.29) is 0 Å². The average Bonchev–Trinajstić information content (AvgIpc) is 3.29. The summed E-state index contributed by atoms with van der Waals surface area (Å²) in [5.74, 6) is 0.828. The van der Waals surface area contributed by atoms with E-state index in [0.29, 0.717) is 11.8 Å². The van der Waals surface area contributed by atoms with E-state index in [9.17, 15) is 5.11 Å². The Labute approximate surface area is 121 Å². The zero-order valence-electron chi connectivity index (χ0n) is 12.2. The number of aryl methyl sites for hydroxylation is 1. The normalized spacial score (nSPS) is 24.1. The molecule has 0 radical (unpaired) electrons. The van der Waals surface area contributed by atoms with Gasteiger partial charge in [-0.1, -0.05) is 61.5 Å². The van der Waals surface area contributed by atoms with Crippen molar-refractivity contribution in [2.45, 2.75) is 38.2 Å². The number of hydrogen-bond donors (Lipinski definition) is 1. The average molecular weight is 266 g/mol. The Balaban J connectivity index is 1.79. The second kappa shape index (κ2) is 5.06. The van der Waals surface area contributed by atoms with Crippen LogP contribution in [0.4, 0.5) is 0 Å². The van der Waals surface area contributed by atoms with Gasteiger partial charge in [0.15, 0.2) is 0 Å². The molecule has 0 aromatic heterocycles. The monoisotopic (exact) mass is 266 g/mol. The van der Waals surface area contributed by atoms with Crippen molar-refractivity contribution in [3.63, 3.8) is 0 Å². The van der Waals surface area contributed by atoms with E-state index < -0.39 is 5.60 Å². The quantitative estimate of drug-likeness (QED) is 0.876. The number of benzene rings is 2. The highest BCUT2D eigenvalue weighted by Gasteiger charge is 2.50. The van der Waals surface area contributed by atoms with Crippen LogP contribution in [0.1, 0.15) is 42.9 Å². The Morgan fingerprint density at radius 1 is 1.05 bits per heavy atom. The van der Waals surface area contributed by atoms with Crippen LogP contribution in [-0.2, 0) is 12.0 Å². The van der Waals surface area contributed by atoms with Gasteiger partial charge in [0.25, 0.3) is 0 Å². The summed E-state index contributed by atoms with van der Waals surface area (Å²) in [5, 5.41) is 10.9. The minimum Gasteiger partial charge on any atom is -0.385 e. The number of rotatable bonds is 4. The fourth-order valence-electron chi connectivity index (χ4n) is 3.18. The summed E-state index contributed by atoms with van der Waals surface area (Å²) in [4.78, 5) is 0. The Morgan fingerprint density at radius 2 is 1.70 bits per heavy atom. The molecule has 0 aliphatic heterocycles. The van der Waals surface area contributed by atoms with Crippen LogP contribution in [0.25, 0.3) is 0 Å². The molecule has 1 heteroatoms. The predicted octanol–water partition coefficient (Wildman–Crippen LogP) is 4.26. The van der Waals surface area contributed by atoms with Crippen molar-refractivity contribution in [2.75, 3.05) is 0 Å². The predicted molar refractivity (Wildman–Crippen MR) is 82.7 cm³/mol. The van der Waals surface area contributed by atoms with Crippen molar-refractivity contribution in [1.82, 2.24) is 0 Å². The van der Waals surface area contributed by atoms with E-state index in [2.05, 4.69) is 55.5 Å². The molecule has 104 valence electrons. The van der Waals surface area contributed by atoms with E-state index in [1.165, 1.54) is 11.1 Å². The summed E-state index contributed by atoms with van der Waals surface area (Å²) in [7, 11) is 0. The van der Waals surface area contributed by atoms with Gasteiger partial charge in [0.2, 0.25) is 0 Å². The molecule has 0 bridgehead atoms. The van der Waals surface area contributed by atoms with Gasteiger partial charge in [0, 0.05) is 0 Å². The van der Waals surface area contributed by atoms with Gasteiger partial charge in [-0.15, -0.1) is 0 Å². The molecular formula is C19H22O. The lowest BCUT2D eigenvalue weighted by Gasteiger charge is -2.25. The first-order valence-corrected chi connectivity index (χ1v) is 7.49. The molecule has 3 unspecified atom stereocenters. The maximum absolute atomic E-state index is 10.9. The summed E-state index contributed by atoms with van der Waals surface area (Å²) in [6, 6.07) is 19.0. The first kappa shape index (κ1) is 13.4. The molecule has 1 saturated carbocycles. The number of hydrogen-bond acceptors (Lipinski definition) is 1. The van der Waals surface area contributed by atoms with Crippen molar-refractivity contribution in [2.24, 2.45) is 5.92 Å². The Morgan fingerprint density at radius 3 is 2.30 bits per heavy atom. The van der Waals surface area contributed by atoms with E-state index >= 15 is 0 Å². The van der Waals surface area contributed by atoms with Crippen LogP contribution >= 0.6 is 0 Å². The molecule has 3 atom stereocenters. The van der Waals surface area contributed by atoms with Crippen molar-refractivity contribution in [1.29, 1.82) is 0 Å². The third kappa shape index (κ3) is 2.38. The Bertz CT molecular complexity index is 568. The maximum Gasteiger partial charge on any atom is 0.0902 e. The van der Waals surface area contributed by atoms with Crippen LogP contribution in [0.15, 0.2) is 54.6 Å². The van der Waals surface area contributed by atoms with E-state index in [0.717, 1.165) is 18.4 Å². The van der Waals surface area contributed by atoms with E-state index in [1.54, 1.807) is 0 Å². The summed E-state index contributed by atoms with van der Waals surface area (Å²) in [6.07, 6.45) is 2.12. The molecule has 1 N–H and O–H groups in total. The summed E-state index contributed by atoms with van der Waals surface area (Å²) in [6.45, 7) is 4.11. The van der Waals surface area contributed by atoms with Crippen molar-refractivity contribution in [3.05, 3.63) is 71.3 Å². The second-order valence-corrected chi connectivity index (χ2v) is 6.06. The van der Waals surface area contributed by atoms with Gasteiger partial charge >= 0.3 is 0 Å². The molecule has 20 heavy (non-hydrogen) atoms. The first-order valence-electron chi connectivity index (χ1n) is 7.49. The molecule has 2 aromatic rings. The first-order chi connectivity index (χ1) is 9.63. The fourth-order valence-corrected chi connectivity index (χ4v) is 3.18. The smallest absolute Gasteiger partial charge is 0.0902 e. The van der Waals surface area contributed by atoms with Crippen LogP contribution in [0.2, 0.25) is 0 Å². The van der Waals surface area contributed by atoms with Crippen molar-refractivity contribution in [3.8, 4) is 0 Å². The van der Waals surface area contributed by atoms with Gasteiger partial charge in [-0.2, -0.15) is 0 Å². The molecule has 1 aliphatic rings. The van der Waals surface area contributed by atoms with Crippen molar-refractivity contribution >= 4 is 0 Å². The third-order valence-corrected chi connectivity index (χ3v) is 4.69. The maximum atomic E-state index is 10.9. The van der Waals surface area contributed by atoms with Gasteiger partial charge in [0.05, 0.1) is 5.60 Å². The highest BCUT2D eigenvalue weighted by molar-refractivity contribution is 5.33. The highest BCUT2D eigenvalue weighted by atomic mass is 16.3. The standard InChI is InChI=1S/C19H22O/c1-3-14-9-11-16(12-10-14)19(2,20)18-13-17(18)15-7-5-4-6-8-15/h4-12,17-18,20H,3,13H2,1-2H3. The van der Waals surface area contributed by atoms with Crippen LogP contribution in [0.3, 0.4) is 0 Å². The van der Waals surface area contributed by atoms with Gasteiger partial charge in [-0.25, -0.2) is 0 Å². The SMILES string of the molecule is CCc1ccc(C(C)(O)C2CC2c2ccccc2)cc1. The molecule has 3 rings (SSSR count). The third-order valence-electron chi connectivity index (χ3n) is 4.69. The zero-order valence-corrected chi connectivity index (χ0v) is 12.2. The van der Waals surface area contributed by atoms with Crippen LogP contribution in [0.5, 0.6) is 0 Å². The zero-order chi connectivity index (χ0) is 14.2. The van der Waals surface area contributed by atoms with Crippen LogP contribution < -0.4 is 0 Å². The van der Waals surface area contributed by atoms with Crippen LogP contribution in [-0.4, -0.2) is 5.11 Å². The molecule has 1 aliphatic carbocycles. The number of aliphatic hydroxyl groups is 1. The van der Waals surface area contributed by atoms with Crippen LogP contribution in [0, 0.1) is 5.92 Å². The molecule has 2 aromatic carbocycles. The van der Waals surface area contributed by atoms with Gasteiger partial charge in [0.1, 0.15) is 0 Å². The molecule has 0 spiro atoms. The summed E-state index contributed by atoms with van der Waals surface area (Å²) < 4.78 is 0. The lowest BCUT2D eigenvalue weighted by molar-refractivity contribution is 0.0309. The lowest BCUT2D eigenvalue weighted by atomic mass is 9.88. The highest BCUT2D eigenvalue weighted by Crippen LogP contribution is 2.56. The van der Waals surface area contributed by atoms with Gasteiger partial charge in [-0.3, -0.25) is 0 Å². The largest absolute Gasteiger partial charge is 0.385 e. The fraction of sp³-hybridized carbons (Fsp3) is 0.368. The van der Waals surface area contributed by atoms with Gasteiger partial charge < -0.3 is 5.11 Å². The summed E-state index contributed by atoms with van der Waals surface area (Å²) in [5.41, 5.74) is 2.98. The van der Waals surface area contributed by atoms with E-state index in [4.69, 9.17) is 0 Å². The minimum absolute atomic E-state index is 0.331. The van der Waals surface area contributed by atoms with E-state index in [1.807, 2.05) is 13.0 Å². The lowest BCUT2D eigenvalue weighted by Crippen LogP contribution is -2.24. The molecule has 1 fully saturated rings. The second-order valence-electron chi connectivity index (χ2n) is 6.06. The molecule has 0 heterocycles. The molecule has 0 amide bonds. The Hall–Kier alpha value is -1.60. The Kier molecular flexibility index (Phi) is 3.39. The topological polar surface area (TPSA) is 20.2 Å². The molecule has 0 saturated heterocycles. The summed E-state index contributed by atoms with van der Waals surface area (Å²) >= 11 is 0. The van der Waals surface area contributed by atoms with Gasteiger partial charge in [-0.05, 0) is 48.3 Å². The van der Waals surface area contributed by atoms with Crippen molar-refractivity contribution < 1.29 is 5.11 Å². The molecular weight excluding hydrogens is 244 g/mol. The molecule has 1 nitrogen and oxygen atoms in total.